The van der Waals surface area contributed by atoms with Crippen LogP contribution in [-0.4, -0.2) is 21.1 Å². The van der Waals surface area contributed by atoms with Gasteiger partial charge in [-0.05, 0) is 41.0 Å². The third-order valence-corrected chi connectivity index (χ3v) is 4.43. The summed E-state index contributed by atoms with van der Waals surface area (Å²) in [7, 11) is 0. The van der Waals surface area contributed by atoms with Crippen molar-refractivity contribution in [3.63, 3.8) is 0 Å². The van der Waals surface area contributed by atoms with E-state index in [0.29, 0.717) is 10.6 Å². The molecule has 1 heterocycles. The van der Waals surface area contributed by atoms with E-state index in [2.05, 4.69) is 39.6 Å². The van der Waals surface area contributed by atoms with E-state index >= 15 is 0 Å². The molecule has 0 aliphatic rings. The number of nitrogens with one attached hydrogen (secondary N) is 1. The second-order valence-electron chi connectivity index (χ2n) is 6.09. The minimum Gasteiger partial charge on any atom is -0.486 e. The second-order valence-corrected chi connectivity index (χ2v) is 6.48. The van der Waals surface area contributed by atoms with E-state index in [1.54, 1.807) is 10.9 Å². The predicted octanol–water partition coefficient (Wildman–Crippen LogP) is 5.07. The van der Waals surface area contributed by atoms with Gasteiger partial charge in [-0.15, -0.1) is 0 Å². The molecule has 0 amide bonds. The predicted molar refractivity (Wildman–Crippen MR) is 113 cm³/mol. The van der Waals surface area contributed by atoms with E-state index < -0.39 is 0 Å². The molecule has 0 bridgehead atoms. The lowest BCUT2D eigenvalue weighted by Gasteiger charge is -2.05. The van der Waals surface area contributed by atoms with Crippen molar-refractivity contribution in [3.05, 3.63) is 101 Å². The van der Waals surface area contributed by atoms with E-state index in [-0.39, 0.29) is 6.61 Å². The monoisotopic (exact) mass is 386 g/mol. The Hall–Kier alpha value is -3.51. The van der Waals surface area contributed by atoms with Crippen molar-refractivity contribution >= 4 is 18.4 Å². The SMILES string of the molecule is S=c1[nH]nc(COc2ccccc2)n1/N=C/c1ccc(-c2ccccc2)cc1. The van der Waals surface area contributed by atoms with Crippen LogP contribution in [0, 0.1) is 4.77 Å². The lowest BCUT2D eigenvalue weighted by Crippen LogP contribution is -2.04. The quantitative estimate of drug-likeness (QED) is 0.372. The molecule has 0 radical (unpaired) electrons. The molecule has 0 unspecified atom stereocenters. The molecule has 0 aliphatic heterocycles. The topological polar surface area (TPSA) is 55.2 Å². The summed E-state index contributed by atoms with van der Waals surface area (Å²) in [6.45, 7) is 0.265. The van der Waals surface area contributed by atoms with Gasteiger partial charge in [-0.3, -0.25) is 0 Å². The fourth-order valence-corrected chi connectivity index (χ4v) is 2.92. The number of aromatic amines is 1. The number of para-hydroxylation sites is 1. The van der Waals surface area contributed by atoms with Gasteiger partial charge in [-0.1, -0.05) is 72.8 Å². The van der Waals surface area contributed by atoms with Crippen LogP contribution in [0.25, 0.3) is 11.1 Å². The number of nitrogens with zero attached hydrogens (tertiary/aromatic N) is 3. The number of hydrogen-bond donors (Lipinski definition) is 1. The zero-order valence-electron chi connectivity index (χ0n) is 15.0. The Kier molecular flexibility index (Phi) is 5.40. The Morgan fingerprint density at radius 1 is 0.893 bits per heavy atom. The summed E-state index contributed by atoms with van der Waals surface area (Å²) in [6.07, 6.45) is 1.76. The van der Waals surface area contributed by atoms with Gasteiger partial charge >= 0.3 is 0 Å². The molecule has 0 aliphatic carbocycles. The van der Waals surface area contributed by atoms with Crippen molar-refractivity contribution in [2.45, 2.75) is 6.61 Å². The summed E-state index contributed by atoms with van der Waals surface area (Å²) < 4.78 is 7.73. The van der Waals surface area contributed by atoms with Crippen LogP contribution in [0.1, 0.15) is 11.4 Å². The maximum atomic E-state index is 5.74. The van der Waals surface area contributed by atoms with Crippen LogP contribution in [0.2, 0.25) is 0 Å². The van der Waals surface area contributed by atoms with E-state index in [4.69, 9.17) is 17.0 Å². The van der Waals surface area contributed by atoms with E-state index in [9.17, 15) is 0 Å². The van der Waals surface area contributed by atoms with E-state index in [1.165, 1.54) is 5.56 Å². The molecule has 28 heavy (non-hydrogen) atoms. The third-order valence-electron chi connectivity index (χ3n) is 4.17. The fourth-order valence-electron chi connectivity index (χ4n) is 2.72. The molecule has 0 atom stereocenters. The van der Waals surface area contributed by atoms with Gasteiger partial charge < -0.3 is 4.74 Å². The Morgan fingerprint density at radius 3 is 2.25 bits per heavy atom. The van der Waals surface area contributed by atoms with Gasteiger partial charge in [0.25, 0.3) is 0 Å². The maximum absolute atomic E-state index is 5.74. The Bertz CT molecular complexity index is 1120. The van der Waals surface area contributed by atoms with Crippen molar-refractivity contribution in [3.8, 4) is 16.9 Å². The Balaban J connectivity index is 1.49. The van der Waals surface area contributed by atoms with Crippen molar-refractivity contribution in [1.29, 1.82) is 0 Å². The van der Waals surface area contributed by atoms with Gasteiger partial charge in [0.2, 0.25) is 4.77 Å². The molecule has 1 aromatic heterocycles. The summed E-state index contributed by atoms with van der Waals surface area (Å²) in [4.78, 5) is 0. The maximum Gasteiger partial charge on any atom is 0.216 e. The Labute approximate surface area is 167 Å². The molecule has 4 rings (SSSR count). The molecule has 5 nitrogen and oxygen atoms in total. The van der Waals surface area contributed by atoms with Crippen LogP contribution in [0.15, 0.2) is 90.0 Å². The lowest BCUT2D eigenvalue weighted by molar-refractivity contribution is 0.290. The summed E-state index contributed by atoms with van der Waals surface area (Å²) >= 11 is 5.28. The van der Waals surface area contributed by atoms with Crippen LogP contribution < -0.4 is 4.74 Å². The highest BCUT2D eigenvalue weighted by atomic mass is 32.1. The average Bonchev–Trinajstić information content (AvgIpc) is 3.12. The molecular weight excluding hydrogens is 368 g/mol. The molecule has 0 saturated heterocycles. The highest BCUT2D eigenvalue weighted by Crippen LogP contribution is 2.18. The van der Waals surface area contributed by atoms with Gasteiger partial charge in [0, 0.05) is 0 Å². The van der Waals surface area contributed by atoms with Crippen molar-refractivity contribution in [2.75, 3.05) is 0 Å². The highest BCUT2D eigenvalue weighted by Gasteiger charge is 2.06. The van der Waals surface area contributed by atoms with Crippen molar-refractivity contribution < 1.29 is 4.74 Å². The first kappa shape index (κ1) is 17.9. The second kappa shape index (κ2) is 8.45. The lowest BCUT2D eigenvalue weighted by atomic mass is 10.0. The van der Waals surface area contributed by atoms with E-state index in [1.807, 2.05) is 60.7 Å². The summed E-state index contributed by atoms with van der Waals surface area (Å²) in [5.74, 6) is 1.37. The van der Waals surface area contributed by atoms with Crippen LogP contribution >= 0.6 is 12.2 Å². The first-order valence-electron chi connectivity index (χ1n) is 8.83. The number of hydrogen-bond acceptors (Lipinski definition) is 4. The Morgan fingerprint density at radius 2 is 1.54 bits per heavy atom. The largest absolute Gasteiger partial charge is 0.486 e. The molecule has 138 valence electrons. The van der Waals surface area contributed by atoms with Crippen LogP contribution in [0.4, 0.5) is 0 Å². The highest BCUT2D eigenvalue weighted by molar-refractivity contribution is 7.71. The van der Waals surface area contributed by atoms with Gasteiger partial charge in [0.1, 0.15) is 12.4 Å². The van der Waals surface area contributed by atoms with Crippen LogP contribution in [0.5, 0.6) is 5.75 Å². The first-order chi connectivity index (χ1) is 13.8. The molecule has 6 heteroatoms. The molecule has 3 aromatic carbocycles. The number of ether oxygens (including phenoxy) is 1. The van der Waals surface area contributed by atoms with Gasteiger partial charge in [0.05, 0.1) is 6.21 Å². The third kappa shape index (κ3) is 4.24. The number of aromatic nitrogens is 3. The molecule has 0 fully saturated rings. The van der Waals surface area contributed by atoms with Gasteiger partial charge in [0.15, 0.2) is 5.82 Å². The van der Waals surface area contributed by atoms with E-state index in [0.717, 1.165) is 16.9 Å². The minimum absolute atomic E-state index is 0.265. The molecule has 0 saturated carbocycles. The zero-order valence-corrected chi connectivity index (χ0v) is 15.8. The zero-order chi connectivity index (χ0) is 19.2. The molecule has 0 spiro atoms. The summed E-state index contributed by atoms with van der Waals surface area (Å²) in [5, 5.41) is 11.4. The summed E-state index contributed by atoms with van der Waals surface area (Å²) in [6, 6.07) is 28.0. The fraction of sp³-hybridized carbons (Fsp3) is 0.0455. The normalized spacial score (nSPS) is 11.0. The molecule has 1 N–H and O–H groups in total. The molecule has 4 aromatic rings. The number of H-pyrrole nitrogens is 1. The smallest absolute Gasteiger partial charge is 0.216 e. The van der Waals surface area contributed by atoms with Gasteiger partial charge in [-0.2, -0.15) is 14.9 Å². The first-order valence-corrected chi connectivity index (χ1v) is 9.24. The van der Waals surface area contributed by atoms with Crippen molar-refractivity contribution in [1.82, 2.24) is 14.9 Å². The minimum atomic E-state index is 0.265. The number of rotatable bonds is 6. The van der Waals surface area contributed by atoms with Crippen LogP contribution in [-0.2, 0) is 6.61 Å². The van der Waals surface area contributed by atoms with Crippen LogP contribution in [0.3, 0.4) is 0 Å². The average molecular weight is 386 g/mol. The standard InChI is InChI=1S/C22H18N4OS/c28-22-25-24-21(16-27-20-9-5-2-6-10-20)26(22)23-15-17-11-13-19(14-12-17)18-7-3-1-4-8-18/h1-15H,16H2,(H,25,28)/b23-15+. The van der Waals surface area contributed by atoms with Crippen molar-refractivity contribution in [2.24, 2.45) is 5.10 Å². The summed E-state index contributed by atoms with van der Waals surface area (Å²) in [5.41, 5.74) is 3.32. The molecular formula is C22H18N4OS. The number of benzene rings is 3. The van der Waals surface area contributed by atoms with Gasteiger partial charge in [-0.25, -0.2) is 5.10 Å².